The molecule has 1 saturated heterocycles. The van der Waals surface area contributed by atoms with E-state index in [-0.39, 0.29) is 28.5 Å². The van der Waals surface area contributed by atoms with Gasteiger partial charge in [0.1, 0.15) is 11.5 Å². The van der Waals surface area contributed by atoms with Gasteiger partial charge in [0.05, 0.1) is 27.8 Å². The molecule has 1 unspecified atom stereocenters. The van der Waals surface area contributed by atoms with Crippen molar-refractivity contribution in [2.24, 2.45) is 0 Å². The molecule has 0 bridgehead atoms. The monoisotopic (exact) mass is 473 g/mol. The van der Waals surface area contributed by atoms with Gasteiger partial charge in [-0.2, -0.15) is 0 Å². The third-order valence-electron chi connectivity index (χ3n) is 5.96. The number of Topliss-reactive ketones (excluding diaryl/α,β-unsaturated/α-hetero) is 1. The van der Waals surface area contributed by atoms with E-state index in [4.69, 9.17) is 27.9 Å². The van der Waals surface area contributed by atoms with Gasteiger partial charge in [-0.3, -0.25) is 9.59 Å². The molecule has 2 fully saturated rings. The van der Waals surface area contributed by atoms with E-state index in [1.165, 1.54) is 6.07 Å². The molecule has 0 aromatic heterocycles. The maximum atomic E-state index is 13.1. The van der Waals surface area contributed by atoms with Crippen molar-refractivity contribution in [3.63, 3.8) is 0 Å². The Bertz CT molecular complexity index is 1070. The number of ether oxygens (including phenoxy) is 1. The van der Waals surface area contributed by atoms with Gasteiger partial charge in [-0.15, -0.1) is 0 Å². The highest BCUT2D eigenvalue weighted by molar-refractivity contribution is 6.47. The number of amides is 1. The minimum absolute atomic E-state index is 0.0274. The number of aliphatic hydroxyl groups excluding tert-OH is 1. The third kappa shape index (κ3) is 4.24. The zero-order valence-electron chi connectivity index (χ0n) is 18.0. The molecule has 1 aliphatic carbocycles. The fourth-order valence-electron chi connectivity index (χ4n) is 4.54. The quantitative estimate of drug-likeness (QED) is 0.321. The molecule has 2 aromatic rings. The molecule has 1 N–H and O–H groups in total. The molecule has 2 aliphatic rings. The van der Waals surface area contributed by atoms with Crippen LogP contribution < -0.4 is 4.74 Å². The predicted molar refractivity (Wildman–Crippen MR) is 125 cm³/mol. The molecule has 1 amide bonds. The maximum Gasteiger partial charge on any atom is 0.295 e. The topological polar surface area (TPSA) is 66.8 Å². The number of nitrogens with zero attached hydrogens (tertiary/aromatic N) is 1. The van der Waals surface area contributed by atoms with E-state index in [1.807, 2.05) is 38.1 Å². The van der Waals surface area contributed by atoms with E-state index < -0.39 is 17.7 Å². The van der Waals surface area contributed by atoms with E-state index in [0.717, 1.165) is 31.2 Å². The Kier molecular flexibility index (Phi) is 6.50. The molecule has 5 nitrogen and oxygen atoms in total. The average molecular weight is 474 g/mol. The van der Waals surface area contributed by atoms with Crippen molar-refractivity contribution in [3.05, 3.63) is 69.2 Å². The molecular weight excluding hydrogens is 449 g/mol. The van der Waals surface area contributed by atoms with Crippen molar-refractivity contribution in [2.45, 2.75) is 57.7 Å². The van der Waals surface area contributed by atoms with Crippen LogP contribution in [0.15, 0.2) is 48.0 Å². The Morgan fingerprint density at radius 3 is 2.28 bits per heavy atom. The molecule has 1 saturated carbocycles. The second-order valence-corrected chi connectivity index (χ2v) is 9.32. The molecule has 1 atom stereocenters. The number of rotatable bonds is 5. The van der Waals surface area contributed by atoms with Gasteiger partial charge in [-0.05, 0) is 62.6 Å². The van der Waals surface area contributed by atoms with Gasteiger partial charge in [0, 0.05) is 11.6 Å². The summed E-state index contributed by atoms with van der Waals surface area (Å²) in [6, 6.07) is 11.3. The first-order valence-corrected chi connectivity index (χ1v) is 11.6. The average Bonchev–Trinajstić information content (AvgIpc) is 3.37. The van der Waals surface area contributed by atoms with Crippen LogP contribution in [0.1, 0.15) is 56.7 Å². The van der Waals surface area contributed by atoms with Crippen LogP contribution in [0.4, 0.5) is 0 Å². The van der Waals surface area contributed by atoms with Crippen molar-refractivity contribution in [2.75, 3.05) is 0 Å². The zero-order valence-corrected chi connectivity index (χ0v) is 19.5. The first-order chi connectivity index (χ1) is 15.3. The Labute approximate surface area is 197 Å². The normalized spacial score (nSPS) is 21.0. The number of halogens is 2. The summed E-state index contributed by atoms with van der Waals surface area (Å²) in [5, 5.41) is 11.7. The van der Waals surface area contributed by atoms with E-state index in [2.05, 4.69) is 0 Å². The Balaban J connectivity index is 1.83. The van der Waals surface area contributed by atoms with Gasteiger partial charge in [0.15, 0.2) is 0 Å². The van der Waals surface area contributed by atoms with E-state index in [1.54, 1.807) is 17.0 Å². The van der Waals surface area contributed by atoms with Gasteiger partial charge < -0.3 is 14.7 Å². The number of carbonyl (C=O) groups excluding carboxylic acids is 2. The lowest BCUT2D eigenvalue weighted by molar-refractivity contribution is -0.141. The highest BCUT2D eigenvalue weighted by Crippen LogP contribution is 2.44. The van der Waals surface area contributed by atoms with Gasteiger partial charge in [0.25, 0.3) is 11.7 Å². The Hall–Kier alpha value is -2.50. The fourth-order valence-corrected chi connectivity index (χ4v) is 4.83. The van der Waals surface area contributed by atoms with Crippen molar-refractivity contribution < 1.29 is 19.4 Å². The minimum atomic E-state index is -0.687. The molecule has 7 heteroatoms. The standard InChI is InChI=1S/C25H25Cl2NO4/c1-14(2)32-18-10-7-15(8-11-18)22-21(23(29)16-9-12-19(26)20(27)13-16)24(30)25(31)28(22)17-5-3-4-6-17/h7-14,17,22,29H,3-6H2,1-2H3/b23-21-. The largest absolute Gasteiger partial charge is 0.507 e. The fraction of sp³-hybridized carbons (Fsp3) is 0.360. The van der Waals surface area contributed by atoms with Gasteiger partial charge in [0.2, 0.25) is 0 Å². The summed E-state index contributed by atoms with van der Waals surface area (Å²) >= 11 is 12.1. The zero-order chi connectivity index (χ0) is 23.0. The van der Waals surface area contributed by atoms with Crippen molar-refractivity contribution >= 4 is 40.7 Å². The van der Waals surface area contributed by atoms with Crippen LogP contribution in [0.2, 0.25) is 10.0 Å². The molecule has 0 spiro atoms. The van der Waals surface area contributed by atoms with Gasteiger partial charge in [-0.25, -0.2) is 0 Å². The number of hydrogen-bond acceptors (Lipinski definition) is 4. The van der Waals surface area contributed by atoms with Gasteiger partial charge in [-0.1, -0.05) is 48.2 Å². The lowest BCUT2D eigenvalue weighted by atomic mass is 9.94. The Morgan fingerprint density at radius 2 is 1.69 bits per heavy atom. The molecule has 4 rings (SSSR count). The Morgan fingerprint density at radius 1 is 1.03 bits per heavy atom. The van der Waals surface area contributed by atoms with Crippen molar-refractivity contribution in [1.82, 2.24) is 4.90 Å². The SMILES string of the molecule is CC(C)Oc1ccc(C2/C(=C(/O)c3ccc(Cl)c(Cl)c3)C(=O)C(=O)N2C2CCCC2)cc1. The number of ketones is 1. The van der Waals surface area contributed by atoms with Gasteiger partial charge >= 0.3 is 0 Å². The smallest absolute Gasteiger partial charge is 0.295 e. The molecule has 1 aliphatic heterocycles. The number of carbonyl (C=O) groups is 2. The minimum Gasteiger partial charge on any atom is -0.507 e. The van der Waals surface area contributed by atoms with Crippen molar-refractivity contribution in [3.8, 4) is 5.75 Å². The second-order valence-electron chi connectivity index (χ2n) is 8.51. The predicted octanol–water partition coefficient (Wildman–Crippen LogP) is 6.14. The summed E-state index contributed by atoms with van der Waals surface area (Å²) in [6.07, 6.45) is 3.72. The van der Waals surface area contributed by atoms with E-state index >= 15 is 0 Å². The van der Waals surface area contributed by atoms with Crippen LogP contribution >= 0.6 is 23.2 Å². The highest BCUT2D eigenvalue weighted by Gasteiger charge is 2.49. The summed E-state index contributed by atoms with van der Waals surface area (Å²) in [5.41, 5.74) is 1.15. The highest BCUT2D eigenvalue weighted by atomic mass is 35.5. The number of benzene rings is 2. The summed E-state index contributed by atoms with van der Waals surface area (Å²) in [4.78, 5) is 27.9. The van der Waals surface area contributed by atoms with E-state index in [0.29, 0.717) is 16.3 Å². The van der Waals surface area contributed by atoms with Crippen LogP contribution in [0, 0.1) is 0 Å². The summed E-state index contributed by atoms with van der Waals surface area (Å²) in [6.45, 7) is 3.89. The van der Waals surface area contributed by atoms with Crippen LogP contribution in [0.5, 0.6) is 5.75 Å². The van der Waals surface area contributed by atoms with Crippen LogP contribution in [0.25, 0.3) is 5.76 Å². The van der Waals surface area contributed by atoms with Crippen LogP contribution in [-0.2, 0) is 9.59 Å². The molecule has 32 heavy (non-hydrogen) atoms. The lowest BCUT2D eigenvalue weighted by Gasteiger charge is -2.31. The molecule has 2 aromatic carbocycles. The molecular formula is C25H25Cl2NO4. The van der Waals surface area contributed by atoms with Crippen LogP contribution in [0.3, 0.4) is 0 Å². The summed E-state index contributed by atoms with van der Waals surface area (Å²) in [5.74, 6) is -0.819. The summed E-state index contributed by atoms with van der Waals surface area (Å²) < 4.78 is 5.73. The maximum absolute atomic E-state index is 13.1. The summed E-state index contributed by atoms with van der Waals surface area (Å²) in [7, 11) is 0. The molecule has 1 heterocycles. The first-order valence-electron chi connectivity index (χ1n) is 10.8. The first kappa shape index (κ1) is 22.7. The third-order valence-corrected chi connectivity index (χ3v) is 6.70. The lowest BCUT2D eigenvalue weighted by Crippen LogP contribution is -2.37. The number of aliphatic hydroxyl groups is 1. The number of likely N-dealkylation sites (tertiary alicyclic amines) is 1. The number of hydrogen-bond donors (Lipinski definition) is 1. The van der Waals surface area contributed by atoms with E-state index in [9.17, 15) is 14.7 Å². The molecule has 0 radical (unpaired) electrons. The van der Waals surface area contributed by atoms with Crippen LogP contribution in [-0.4, -0.2) is 33.8 Å². The second kappa shape index (κ2) is 9.16. The molecule has 168 valence electrons. The van der Waals surface area contributed by atoms with Crippen molar-refractivity contribution in [1.29, 1.82) is 0 Å².